The topological polar surface area (TPSA) is 138 Å². The average Bonchev–Trinajstić information content (AvgIpc) is 0.684. The van der Waals surface area contributed by atoms with Gasteiger partial charge < -0.3 is 66.4 Å². The lowest BCUT2D eigenvalue weighted by Gasteiger charge is -2.68. The van der Waals surface area contributed by atoms with Gasteiger partial charge in [-0.05, 0) is 262 Å². The zero-order chi connectivity index (χ0) is 87.4. The van der Waals surface area contributed by atoms with Gasteiger partial charge in [0, 0.05) is 139 Å². The maximum atomic E-state index is 6.77. The summed E-state index contributed by atoms with van der Waals surface area (Å²) in [5.74, 6) is 6.10. The highest BCUT2D eigenvalue weighted by Gasteiger charge is 2.67. The maximum Gasteiger partial charge on any atom is 0.500 e. The summed E-state index contributed by atoms with van der Waals surface area (Å²) in [5, 5.41) is -0.322. The molecule has 0 amide bonds. The van der Waals surface area contributed by atoms with Gasteiger partial charge in [0.1, 0.15) is 0 Å². The van der Waals surface area contributed by atoms with Crippen molar-refractivity contribution in [1.82, 2.24) is 0 Å². The third kappa shape index (κ3) is 41.7. The van der Waals surface area contributed by atoms with Crippen LogP contribution in [0.3, 0.4) is 0 Å². The Labute approximate surface area is 788 Å². The van der Waals surface area contributed by atoms with E-state index >= 15 is 0 Å². The van der Waals surface area contributed by atoms with Gasteiger partial charge in [-0.3, -0.25) is 0 Å². The molecule has 0 saturated carbocycles. The molecule has 15 nitrogen and oxygen atoms in total. The maximum absolute atomic E-state index is 6.77. The Balaban J connectivity index is 10.6. The average molecular weight is 2090 g/mol. The molecule has 10 atom stereocenters. The zero-order valence-corrected chi connectivity index (χ0v) is 97.4. The second-order valence-corrected chi connectivity index (χ2v) is 86.6. The third-order valence-corrected chi connectivity index (χ3v) is 90.4. The number of hydrogen-bond acceptors (Lipinski definition) is 30. The van der Waals surface area contributed by atoms with Gasteiger partial charge in [0.15, 0.2) is 0 Å². The van der Waals surface area contributed by atoms with Crippen LogP contribution in [0.2, 0.25) is 30.2 Å². The predicted octanol–water partition coefficient (Wildman–Crippen LogP) is 29.8. The van der Waals surface area contributed by atoms with Crippen LogP contribution in [0.5, 0.6) is 0 Å². The SMILES string of the molecule is CCO[Si](CCCS(S)(SS)C(=C(C)C(C(CC(C)CCCC(C)CCCCC(C)CCCC(C)CCCC(C)C)S(S)(CCC[Si](OCC)(OCC)OCC)SS)(S(S)(CCC[Si](OCC)(OCC)OCC)SS)S(S)(CCC[Si](OCC)(OCC)OCC)SS)S(S)(CCC[Si](OCC)(OCC)OCC)SS)(OCC)OCC. The number of thiol groups is 10. The minimum Gasteiger partial charge on any atom is -0.374 e. The van der Waals surface area contributed by atoms with E-state index in [1.165, 1.54) is 83.9 Å². The molecule has 0 aromatic carbocycles. The van der Waals surface area contributed by atoms with Crippen LogP contribution in [0, 0.1) is 29.6 Å². The van der Waals surface area contributed by atoms with Gasteiger partial charge in [-0.25, -0.2) is 0 Å². The highest BCUT2D eigenvalue weighted by atomic mass is 33.8. The van der Waals surface area contributed by atoms with Crippen molar-refractivity contribution in [3.63, 3.8) is 0 Å². The van der Waals surface area contributed by atoms with Gasteiger partial charge in [-0.15, -0.1) is 157 Å². The van der Waals surface area contributed by atoms with Crippen LogP contribution in [0.4, 0.5) is 0 Å². The molecule has 0 bridgehead atoms. The van der Waals surface area contributed by atoms with E-state index in [0.717, 1.165) is 53.2 Å². The van der Waals surface area contributed by atoms with Crippen molar-refractivity contribution in [2.45, 2.75) is 314 Å². The molecule has 0 N–H and O–H groups in total. The molecule has 0 fully saturated rings. The van der Waals surface area contributed by atoms with Crippen LogP contribution >= 0.6 is 206 Å². The molecule has 0 aliphatic rings. The fourth-order valence-corrected chi connectivity index (χ4v) is 83.0. The molecule has 40 heteroatoms. The highest BCUT2D eigenvalue weighted by Crippen LogP contribution is 2.99. The van der Waals surface area contributed by atoms with E-state index in [9.17, 15) is 0 Å². The molecule has 0 heterocycles. The van der Waals surface area contributed by atoms with Gasteiger partial charge in [0.05, 0.1) is 4.08 Å². The van der Waals surface area contributed by atoms with Crippen molar-refractivity contribution < 1.29 is 66.4 Å². The summed E-state index contributed by atoms with van der Waals surface area (Å²) in [7, 11) is -21.3. The van der Waals surface area contributed by atoms with Crippen LogP contribution < -0.4 is 0 Å². The van der Waals surface area contributed by atoms with E-state index in [-0.39, 0.29) is 11.2 Å². The minimum absolute atomic E-state index is 0.170. The summed E-state index contributed by atoms with van der Waals surface area (Å²) < 4.78 is 101. The molecule has 0 aromatic heterocycles. The standard InChI is InChI=1S/C75H170O15S20Si5/c1-23-76-111(77-24-2,78-25-3)61-43-56-106(96,101-91)73(66-71(21)55-42-54-69(19)50-39-38-49-68(18)52-41-53-70(20)51-40-48-67(16)17)75(109(99,104-94)59-46-64-114(85-32-10,86-33-11)87-34-12,110(100,105-95)60-47-65-115(88-35-13,89-36-14)90-37-15)72(22)74(107(97,102-92)57-44-62-112(79-26-4,80-27-5)81-28-6)108(98,103-93)58-45-63-113(82-29-7,83-30-8)84-31-9/h67-71,73,91-100H,23-66H2,1-22H3. The second kappa shape index (κ2) is 67.4. The van der Waals surface area contributed by atoms with Crippen molar-refractivity contribution in [3.8, 4) is 0 Å². The molecule has 700 valence electrons. The monoisotopic (exact) mass is 2090 g/mol. The van der Waals surface area contributed by atoms with Gasteiger partial charge in [-0.1, -0.05) is 125 Å². The van der Waals surface area contributed by atoms with Crippen LogP contribution in [-0.4, -0.2) is 181 Å². The Morgan fingerprint density at radius 3 is 0.739 bits per heavy atom. The summed E-state index contributed by atoms with van der Waals surface area (Å²) >= 11 is 61.0. The van der Waals surface area contributed by atoms with Crippen molar-refractivity contribution in [1.29, 1.82) is 0 Å². The van der Waals surface area contributed by atoms with Gasteiger partial charge in [-0.2, -0.15) is 0 Å². The number of hydrogen-bond donors (Lipinski definition) is 10. The molecule has 0 rings (SSSR count). The number of unbranched alkanes of at least 4 members (excludes halogenated alkanes) is 1. The Morgan fingerprint density at radius 1 is 0.287 bits per heavy atom. The smallest absolute Gasteiger partial charge is 0.374 e. The molecular weight excluding hydrogens is 1920 g/mol. The molecule has 0 spiro atoms. The Kier molecular flexibility index (Phi) is 71.6. The molecule has 0 saturated heterocycles. The van der Waals surface area contributed by atoms with E-state index in [4.69, 9.17) is 183 Å². The summed E-state index contributed by atoms with van der Waals surface area (Å²) in [6.07, 6.45) is 20.3. The van der Waals surface area contributed by atoms with Gasteiger partial charge in [0.25, 0.3) is 0 Å². The Hall–Kier alpha value is 7.22. The predicted molar refractivity (Wildman–Crippen MR) is 576 cm³/mol. The van der Waals surface area contributed by atoms with Crippen molar-refractivity contribution in [3.05, 3.63) is 9.81 Å². The molecule has 0 aliphatic carbocycles. The first-order valence-electron chi connectivity index (χ1n) is 43.3. The Bertz CT molecular complexity index is 2290. The zero-order valence-electron chi connectivity index (χ0n) is 75.3. The van der Waals surface area contributed by atoms with Crippen molar-refractivity contribution in [2.75, 3.05) is 128 Å². The van der Waals surface area contributed by atoms with E-state index in [0.29, 0.717) is 196 Å². The molecule has 115 heavy (non-hydrogen) atoms. The lowest BCUT2D eigenvalue weighted by Crippen LogP contribution is -2.52. The first-order chi connectivity index (χ1) is 54.6. The van der Waals surface area contributed by atoms with Gasteiger partial charge in [0.2, 0.25) is 0 Å². The van der Waals surface area contributed by atoms with Crippen LogP contribution in [0.25, 0.3) is 0 Å². The summed E-state index contributed by atoms with van der Waals surface area (Å²) in [6, 6.07) is 2.79. The normalized spacial score (nSPS) is 18.9. The van der Waals surface area contributed by atoms with E-state index < -0.39 is 88.6 Å². The fourth-order valence-electron chi connectivity index (χ4n) is 15.6. The fraction of sp³-hybridized carbons (Fsp3) is 0.973. The van der Waals surface area contributed by atoms with E-state index in [1.54, 1.807) is 29.5 Å². The third-order valence-electron chi connectivity index (χ3n) is 20.4. The van der Waals surface area contributed by atoms with Crippen molar-refractivity contribution >= 4 is 250 Å². The molecular formula is C75H170O15S20Si5. The summed E-state index contributed by atoms with van der Waals surface area (Å²) in [5.41, 5.74) is 1.11. The van der Waals surface area contributed by atoms with Crippen LogP contribution in [0.15, 0.2) is 9.81 Å². The van der Waals surface area contributed by atoms with Crippen LogP contribution in [-0.2, 0) is 66.4 Å². The second-order valence-electron chi connectivity index (χ2n) is 29.8. The first-order valence-corrected chi connectivity index (χ1v) is 79.2. The van der Waals surface area contributed by atoms with Crippen molar-refractivity contribution in [2.24, 2.45) is 29.6 Å². The number of rotatable bonds is 81. The molecule has 0 aromatic rings. The summed E-state index contributed by atoms with van der Waals surface area (Å²) in [6.45, 7) is 54.1. The van der Waals surface area contributed by atoms with E-state index in [1.807, 2.05) is 104 Å². The van der Waals surface area contributed by atoms with E-state index in [2.05, 4.69) is 48.5 Å². The Morgan fingerprint density at radius 2 is 0.513 bits per heavy atom. The quantitative estimate of drug-likeness (QED) is 0.0122. The first kappa shape index (κ1) is 122. The largest absolute Gasteiger partial charge is 0.500 e. The van der Waals surface area contributed by atoms with Gasteiger partial charge >= 0.3 is 44.0 Å². The molecule has 10 unspecified atom stereocenters. The van der Waals surface area contributed by atoms with Crippen LogP contribution in [0.1, 0.15) is 274 Å². The summed E-state index contributed by atoms with van der Waals surface area (Å²) in [4.78, 5) is 0. The lowest BCUT2D eigenvalue weighted by atomic mass is 9.90. The molecule has 0 radical (unpaired) electrons. The lowest BCUT2D eigenvalue weighted by molar-refractivity contribution is 0.0704. The minimum atomic E-state index is -3.31. The highest BCUT2D eigenvalue weighted by molar-refractivity contribution is 9.43. The molecule has 0 aliphatic heterocycles.